The molecule has 0 N–H and O–H groups in total. The molecule has 2 rings (SSSR count). The Morgan fingerprint density at radius 1 is 1.00 bits per heavy atom. The van der Waals surface area contributed by atoms with Gasteiger partial charge in [-0.3, -0.25) is 4.79 Å². The summed E-state index contributed by atoms with van der Waals surface area (Å²) in [5.74, 6) is 0.841. The highest BCUT2D eigenvalue weighted by Gasteiger charge is 2.13. The number of carbonyl (C=O) groups is 1. The topological polar surface area (TPSA) is 26.3 Å². The number of aryl methyl sites for hydroxylation is 2. The molecule has 19 heavy (non-hydrogen) atoms. The zero-order valence-electron chi connectivity index (χ0n) is 11.8. The summed E-state index contributed by atoms with van der Waals surface area (Å²) < 4.78 is 5.53. The number of carbonyl (C=O) groups excluding carboxylic acids is 1. The van der Waals surface area contributed by atoms with Gasteiger partial charge in [-0.15, -0.1) is 0 Å². The lowest BCUT2D eigenvalue weighted by Crippen LogP contribution is -1.96. The van der Waals surface area contributed by atoms with Crippen molar-refractivity contribution in [1.29, 1.82) is 0 Å². The minimum atomic E-state index is 0.687. The predicted molar refractivity (Wildman–Crippen MR) is 78.0 cm³/mol. The summed E-state index contributed by atoms with van der Waals surface area (Å²) in [4.78, 5) is 11.2. The Hall–Kier alpha value is -2.09. The summed E-state index contributed by atoms with van der Waals surface area (Å²) in [6.07, 6.45) is 0.892. The first-order chi connectivity index (χ1) is 9.08. The molecule has 0 aliphatic heterocycles. The van der Waals surface area contributed by atoms with Crippen molar-refractivity contribution in [3.63, 3.8) is 0 Å². The van der Waals surface area contributed by atoms with E-state index < -0.39 is 0 Å². The molecule has 0 spiro atoms. The van der Waals surface area contributed by atoms with E-state index in [1.165, 1.54) is 5.56 Å². The maximum absolute atomic E-state index is 11.2. The van der Waals surface area contributed by atoms with Crippen LogP contribution in [0.4, 0.5) is 0 Å². The van der Waals surface area contributed by atoms with E-state index >= 15 is 0 Å². The van der Waals surface area contributed by atoms with E-state index in [1.54, 1.807) is 7.11 Å². The lowest BCUT2D eigenvalue weighted by Gasteiger charge is -2.15. The number of rotatable bonds is 3. The first-order valence-electron chi connectivity index (χ1n) is 6.29. The molecule has 0 heterocycles. The molecule has 0 aliphatic carbocycles. The van der Waals surface area contributed by atoms with Crippen LogP contribution in [0.15, 0.2) is 30.3 Å². The number of hydrogen-bond donors (Lipinski definition) is 0. The van der Waals surface area contributed by atoms with E-state index in [9.17, 15) is 4.79 Å². The molecule has 98 valence electrons. The second kappa shape index (κ2) is 5.27. The second-order valence-corrected chi connectivity index (χ2v) is 4.80. The van der Waals surface area contributed by atoms with Crippen LogP contribution in [0.3, 0.4) is 0 Å². The number of hydrogen-bond acceptors (Lipinski definition) is 2. The first kappa shape index (κ1) is 13.3. The largest absolute Gasteiger partial charge is 0.496 e. The van der Waals surface area contributed by atoms with Gasteiger partial charge in [-0.25, -0.2) is 0 Å². The fourth-order valence-electron chi connectivity index (χ4n) is 2.27. The van der Waals surface area contributed by atoms with Crippen molar-refractivity contribution in [2.45, 2.75) is 20.8 Å². The molecule has 2 nitrogen and oxygen atoms in total. The van der Waals surface area contributed by atoms with Gasteiger partial charge in [-0.1, -0.05) is 35.9 Å². The minimum Gasteiger partial charge on any atom is -0.496 e. The molecule has 0 fully saturated rings. The van der Waals surface area contributed by atoms with Crippen molar-refractivity contribution in [2.75, 3.05) is 7.11 Å². The van der Waals surface area contributed by atoms with Gasteiger partial charge in [0.25, 0.3) is 0 Å². The number of aldehydes is 1. The third-order valence-electron chi connectivity index (χ3n) is 3.51. The summed E-state index contributed by atoms with van der Waals surface area (Å²) in [6, 6.07) is 9.90. The Bertz CT molecular complexity index is 627. The minimum absolute atomic E-state index is 0.687. The first-order valence-corrected chi connectivity index (χ1v) is 6.29. The van der Waals surface area contributed by atoms with Crippen molar-refractivity contribution in [3.8, 4) is 16.9 Å². The molecular formula is C17H18O2. The third kappa shape index (κ3) is 2.39. The summed E-state index contributed by atoms with van der Waals surface area (Å²) in [5.41, 5.74) is 6.00. The summed E-state index contributed by atoms with van der Waals surface area (Å²) in [5, 5.41) is 0. The molecule has 0 aliphatic rings. The molecular weight excluding hydrogens is 236 g/mol. The summed E-state index contributed by atoms with van der Waals surface area (Å²) in [7, 11) is 1.67. The van der Waals surface area contributed by atoms with Gasteiger partial charge in [0.15, 0.2) is 6.29 Å². The molecule has 2 aromatic rings. The van der Waals surface area contributed by atoms with Crippen LogP contribution in [-0.4, -0.2) is 13.4 Å². The van der Waals surface area contributed by atoms with Gasteiger partial charge in [0.1, 0.15) is 5.75 Å². The van der Waals surface area contributed by atoms with E-state index in [-0.39, 0.29) is 0 Å². The van der Waals surface area contributed by atoms with Gasteiger partial charge >= 0.3 is 0 Å². The number of benzene rings is 2. The zero-order chi connectivity index (χ0) is 14.0. The van der Waals surface area contributed by atoms with Crippen LogP contribution in [0.2, 0.25) is 0 Å². The fraction of sp³-hybridized carbons (Fsp3) is 0.235. The van der Waals surface area contributed by atoms with Crippen LogP contribution in [0.25, 0.3) is 11.1 Å². The summed E-state index contributed by atoms with van der Waals surface area (Å²) >= 11 is 0. The third-order valence-corrected chi connectivity index (χ3v) is 3.51. The lowest BCUT2D eigenvalue weighted by atomic mass is 9.94. The van der Waals surface area contributed by atoms with E-state index in [2.05, 4.69) is 13.0 Å². The van der Waals surface area contributed by atoms with Crippen LogP contribution >= 0.6 is 0 Å². The molecule has 2 heteroatoms. The highest BCUT2D eigenvalue weighted by atomic mass is 16.5. The quantitative estimate of drug-likeness (QED) is 0.771. The predicted octanol–water partition coefficient (Wildman–Crippen LogP) is 4.10. The maximum Gasteiger partial charge on any atom is 0.150 e. The van der Waals surface area contributed by atoms with E-state index in [0.29, 0.717) is 5.56 Å². The van der Waals surface area contributed by atoms with Crippen molar-refractivity contribution >= 4 is 6.29 Å². The van der Waals surface area contributed by atoms with Gasteiger partial charge in [0, 0.05) is 11.1 Å². The van der Waals surface area contributed by atoms with E-state index in [0.717, 1.165) is 34.3 Å². The number of ether oxygens (including phenoxy) is 1. The van der Waals surface area contributed by atoms with Crippen LogP contribution in [0.5, 0.6) is 5.75 Å². The normalized spacial score (nSPS) is 10.3. The van der Waals surface area contributed by atoms with E-state index in [1.807, 2.05) is 38.1 Å². The average Bonchev–Trinajstić information content (AvgIpc) is 2.41. The van der Waals surface area contributed by atoms with Gasteiger partial charge in [0.05, 0.1) is 7.11 Å². The van der Waals surface area contributed by atoms with Crippen LogP contribution < -0.4 is 4.74 Å². The van der Waals surface area contributed by atoms with E-state index in [4.69, 9.17) is 4.74 Å². The maximum atomic E-state index is 11.2. The molecule has 0 amide bonds. The molecule has 0 bridgehead atoms. The second-order valence-electron chi connectivity index (χ2n) is 4.80. The molecule has 0 saturated heterocycles. The lowest BCUT2D eigenvalue weighted by molar-refractivity contribution is 0.112. The van der Waals surface area contributed by atoms with Gasteiger partial charge in [-0.2, -0.15) is 0 Å². The van der Waals surface area contributed by atoms with Crippen LogP contribution in [0, 0.1) is 20.8 Å². The highest BCUT2D eigenvalue weighted by Crippen LogP contribution is 2.36. The monoisotopic (exact) mass is 254 g/mol. The molecule has 2 aromatic carbocycles. The molecule has 0 unspecified atom stereocenters. The van der Waals surface area contributed by atoms with Crippen molar-refractivity contribution in [1.82, 2.24) is 0 Å². The van der Waals surface area contributed by atoms with Gasteiger partial charge in [0.2, 0.25) is 0 Å². The standard InChI is InChI=1S/C17H18O2/c1-11-5-7-14(10-18)16(9-11)15-8-6-12(2)13(3)17(15)19-4/h5-10H,1-4H3. The van der Waals surface area contributed by atoms with Gasteiger partial charge in [-0.05, 0) is 37.5 Å². The number of methoxy groups -OCH3 is 1. The zero-order valence-corrected chi connectivity index (χ0v) is 11.8. The SMILES string of the molecule is COc1c(-c2cc(C)ccc2C=O)ccc(C)c1C. The Morgan fingerprint density at radius 3 is 2.37 bits per heavy atom. The molecule has 0 atom stereocenters. The Balaban J connectivity index is 2.75. The summed E-state index contributed by atoms with van der Waals surface area (Å²) in [6.45, 7) is 6.11. The Kier molecular flexibility index (Phi) is 3.70. The highest BCUT2D eigenvalue weighted by molar-refractivity contribution is 5.90. The van der Waals surface area contributed by atoms with Crippen LogP contribution in [0.1, 0.15) is 27.0 Å². The molecule has 0 radical (unpaired) electrons. The fourth-order valence-corrected chi connectivity index (χ4v) is 2.27. The van der Waals surface area contributed by atoms with Gasteiger partial charge < -0.3 is 4.74 Å². The molecule has 0 aromatic heterocycles. The van der Waals surface area contributed by atoms with Crippen LogP contribution in [-0.2, 0) is 0 Å². The Labute approximate surface area is 114 Å². The van der Waals surface area contributed by atoms with Crippen molar-refractivity contribution in [2.24, 2.45) is 0 Å². The molecule has 0 saturated carbocycles. The average molecular weight is 254 g/mol. The van der Waals surface area contributed by atoms with Crippen molar-refractivity contribution in [3.05, 3.63) is 52.6 Å². The Morgan fingerprint density at radius 2 is 1.74 bits per heavy atom. The van der Waals surface area contributed by atoms with Crippen molar-refractivity contribution < 1.29 is 9.53 Å². The smallest absolute Gasteiger partial charge is 0.150 e.